The van der Waals surface area contributed by atoms with E-state index in [2.05, 4.69) is 5.32 Å². The topological polar surface area (TPSA) is 75.7 Å². The minimum absolute atomic E-state index is 0.00553. The average Bonchev–Trinajstić information content (AvgIpc) is 2.86. The Bertz CT molecular complexity index is 1210. The smallest absolute Gasteiger partial charge is 0.264 e. The summed E-state index contributed by atoms with van der Waals surface area (Å²) < 4.78 is 46.1. The summed E-state index contributed by atoms with van der Waals surface area (Å²) in [5.41, 5.74) is 1.36. The van der Waals surface area contributed by atoms with Gasteiger partial charge in [0.25, 0.3) is 10.0 Å². The molecule has 6 nitrogen and oxygen atoms in total. The number of carbonyl (C=O) groups excluding carboxylic acids is 1. The molecule has 0 atom stereocenters. The molecular formula is C25H26ClFN2O4S2. The van der Waals surface area contributed by atoms with Gasteiger partial charge in [-0.2, -0.15) is 11.8 Å². The molecule has 0 bridgehead atoms. The highest BCUT2D eigenvalue weighted by molar-refractivity contribution is 7.98. The summed E-state index contributed by atoms with van der Waals surface area (Å²) in [5.74, 6) is 1.22. The first-order valence-corrected chi connectivity index (χ1v) is 13.8. The maximum Gasteiger partial charge on any atom is 0.264 e. The van der Waals surface area contributed by atoms with Crippen LogP contribution in [0.2, 0.25) is 5.02 Å². The Balaban J connectivity index is 1.59. The van der Waals surface area contributed by atoms with E-state index in [1.807, 2.05) is 24.3 Å². The number of carbonyl (C=O) groups is 1. The minimum Gasteiger partial charge on any atom is -0.497 e. The lowest BCUT2D eigenvalue weighted by Gasteiger charge is -2.24. The van der Waals surface area contributed by atoms with Crippen LogP contribution in [0.1, 0.15) is 12.0 Å². The van der Waals surface area contributed by atoms with Gasteiger partial charge >= 0.3 is 0 Å². The standard InChI is InChI=1S/C25H26ClFN2O4S2/c1-33-23-11-13-24(14-12-23)35(31,32)29(22-9-7-21(27)8-10-22)17-25(30)28-15-2-16-34-18-19-3-5-20(26)6-4-19/h3-14H,2,15-18H2,1H3,(H,28,30). The molecule has 0 aromatic heterocycles. The lowest BCUT2D eigenvalue weighted by molar-refractivity contribution is -0.119. The Labute approximate surface area is 214 Å². The van der Waals surface area contributed by atoms with Crippen molar-refractivity contribution in [2.45, 2.75) is 17.1 Å². The molecule has 186 valence electrons. The van der Waals surface area contributed by atoms with Gasteiger partial charge in [-0.05, 0) is 78.4 Å². The van der Waals surface area contributed by atoms with Crippen molar-refractivity contribution in [3.05, 3.63) is 89.2 Å². The molecule has 35 heavy (non-hydrogen) atoms. The van der Waals surface area contributed by atoms with Gasteiger partial charge in [-0.3, -0.25) is 9.10 Å². The van der Waals surface area contributed by atoms with Crippen LogP contribution in [0.15, 0.2) is 77.7 Å². The summed E-state index contributed by atoms with van der Waals surface area (Å²) in [6, 6.07) is 18.5. The van der Waals surface area contributed by atoms with Crippen LogP contribution >= 0.6 is 23.4 Å². The zero-order valence-electron chi connectivity index (χ0n) is 19.1. The second kappa shape index (κ2) is 12.8. The lowest BCUT2D eigenvalue weighted by Crippen LogP contribution is -2.41. The van der Waals surface area contributed by atoms with Crippen molar-refractivity contribution < 1.29 is 22.3 Å². The first kappa shape index (κ1) is 26.8. The van der Waals surface area contributed by atoms with Gasteiger partial charge in [-0.15, -0.1) is 0 Å². The summed E-state index contributed by atoms with van der Waals surface area (Å²) in [6.07, 6.45) is 0.728. The third-order valence-electron chi connectivity index (χ3n) is 5.02. The van der Waals surface area contributed by atoms with Crippen molar-refractivity contribution in [3.63, 3.8) is 0 Å². The number of anilines is 1. The van der Waals surface area contributed by atoms with Gasteiger partial charge in [0.15, 0.2) is 0 Å². The van der Waals surface area contributed by atoms with Gasteiger partial charge in [0.2, 0.25) is 5.91 Å². The molecule has 0 radical (unpaired) electrons. The molecule has 3 rings (SSSR count). The summed E-state index contributed by atoms with van der Waals surface area (Å²) in [7, 11) is -2.60. The van der Waals surface area contributed by atoms with Gasteiger partial charge in [0.05, 0.1) is 17.7 Å². The third-order valence-corrected chi connectivity index (χ3v) is 8.17. The molecule has 10 heteroatoms. The second-order valence-corrected chi connectivity index (χ2v) is 11.0. The number of nitrogens with zero attached hydrogens (tertiary/aromatic N) is 1. The van der Waals surface area contributed by atoms with Crippen LogP contribution in [0.5, 0.6) is 5.75 Å². The Morgan fingerprint density at radius 3 is 2.31 bits per heavy atom. The van der Waals surface area contributed by atoms with E-state index in [-0.39, 0.29) is 10.6 Å². The molecule has 0 saturated carbocycles. The first-order valence-electron chi connectivity index (χ1n) is 10.8. The van der Waals surface area contributed by atoms with Crippen LogP contribution in [0.4, 0.5) is 10.1 Å². The number of amides is 1. The number of benzene rings is 3. The highest BCUT2D eigenvalue weighted by atomic mass is 35.5. The molecule has 0 aliphatic heterocycles. The fourth-order valence-electron chi connectivity index (χ4n) is 3.16. The molecule has 0 fully saturated rings. The number of ether oxygens (including phenoxy) is 1. The third kappa shape index (κ3) is 7.88. The number of thioether (sulfide) groups is 1. The van der Waals surface area contributed by atoms with Crippen molar-refractivity contribution in [2.24, 2.45) is 0 Å². The van der Waals surface area contributed by atoms with Gasteiger partial charge in [0, 0.05) is 17.3 Å². The molecule has 0 heterocycles. The van der Waals surface area contributed by atoms with Crippen molar-refractivity contribution in [2.75, 3.05) is 30.3 Å². The molecule has 3 aromatic rings. The summed E-state index contributed by atoms with van der Waals surface area (Å²) >= 11 is 7.63. The number of methoxy groups -OCH3 is 1. The van der Waals surface area contributed by atoms with E-state index in [1.165, 1.54) is 49.1 Å². The second-order valence-electron chi connectivity index (χ2n) is 7.55. The van der Waals surface area contributed by atoms with E-state index in [0.717, 1.165) is 34.4 Å². The van der Waals surface area contributed by atoms with Crippen molar-refractivity contribution >= 4 is 45.0 Å². The molecule has 0 unspecified atom stereocenters. The van der Waals surface area contributed by atoms with E-state index >= 15 is 0 Å². The van der Waals surface area contributed by atoms with Crippen LogP contribution < -0.4 is 14.4 Å². The number of halogens is 2. The normalized spacial score (nSPS) is 11.2. The van der Waals surface area contributed by atoms with Gasteiger partial charge in [-0.25, -0.2) is 12.8 Å². The molecular weight excluding hydrogens is 511 g/mol. The van der Waals surface area contributed by atoms with Crippen LogP contribution in [0.25, 0.3) is 0 Å². The zero-order chi connectivity index (χ0) is 25.3. The Kier molecular flexibility index (Phi) is 9.83. The summed E-state index contributed by atoms with van der Waals surface area (Å²) in [5, 5.41) is 3.47. The number of nitrogens with one attached hydrogen (secondary N) is 1. The van der Waals surface area contributed by atoms with Crippen molar-refractivity contribution in [3.8, 4) is 5.75 Å². The number of hydrogen-bond acceptors (Lipinski definition) is 5. The lowest BCUT2D eigenvalue weighted by atomic mass is 10.2. The van der Waals surface area contributed by atoms with Gasteiger partial charge < -0.3 is 10.1 Å². The predicted molar refractivity (Wildman–Crippen MR) is 139 cm³/mol. The number of hydrogen-bond donors (Lipinski definition) is 1. The van der Waals surface area contributed by atoms with Crippen LogP contribution in [0, 0.1) is 5.82 Å². The van der Waals surface area contributed by atoms with E-state index < -0.39 is 28.3 Å². The quantitative estimate of drug-likeness (QED) is 0.325. The molecule has 1 amide bonds. The van der Waals surface area contributed by atoms with Gasteiger partial charge in [0.1, 0.15) is 18.1 Å². The molecule has 3 aromatic carbocycles. The van der Waals surface area contributed by atoms with E-state index in [1.54, 1.807) is 11.8 Å². The molecule has 0 aliphatic rings. The van der Waals surface area contributed by atoms with Crippen LogP contribution in [-0.4, -0.2) is 40.3 Å². The molecule has 0 aliphatic carbocycles. The Morgan fingerprint density at radius 1 is 1.03 bits per heavy atom. The Hall–Kier alpha value is -2.75. The highest BCUT2D eigenvalue weighted by Crippen LogP contribution is 2.25. The van der Waals surface area contributed by atoms with Crippen LogP contribution in [0.3, 0.4) is 0 Å². The van der Waals surface area contributed by atoms with Gasteiger partial charge in [-0.1, -0.05) is 23.7 Å². The first-order chi connectivity index (χ1) is 16.8. The fourth-order valence-corrected chi connectivity index (χ4v) is 5.62. The zero-order valence-corrected chi connectivity index (χ0v) is 21.5. The SMILES string of the molecule is COc1ccc(S(=O)(=O)N(CC(=O)NCCCSCc2ccc(Cl)cc2)c2ccc(F)cc2)cc1. The van der Waals surface area contributed by atoms with Crippen LogP contribution in [-0.2, 0) is 20.6 Å². The average molecular weight is 537 g/mol. The molecule has 1 N–H and O–H groups in total. The maximum atomic E-state index is 13.4. The molecule has 0 saturated heterocycles. The van der Waals surface area contributed by atoms with E-state index in [0.29, 0.717) is 17.3 Å². The van der Waals surface area contributed by atoms with E-state index in [4.69, 9.17) is 16.3 Å². The molecule has 0 spiro atoms. The Morgan fingerprint density at radius 2 is 1.69 bits per heavy atom. The number of sulfonamides is 1. The predicted octanol–water partition coefficient (Wildman–Crippen LogP) is 5.12. The van der Waals surface area contributed by atoms with Crippen molar-refractivity contribution in [1.29, 1.82) is 0 Å². The monoisotopic (exact) mass is 536 g/mol. The maximum absolute atomic E-state index is 13.4. The summed E-state index contributed by atoms with van der Waals surface area (Å²) in [4.78, 5) is 12.6. The summed E-state index contributed by atoms with van der Waals surface area (Å²) in [6.45, 7) is -0.0236. The highest BCUT2D eigenvalue weighted by Gasteiger charge is 2.27. The number of rotatable bonds is 12. The minimum atomic E-state index is -4.08. The largest absolute Gasteiger partial charge is 0.497 e. The van der Waals surface area contributed by atoms with Crippen molar-refractivity contribution in [1.82, 2.24) is 5.32 Å². The fraction of sp³-hybridized carbons (Fsp3) is 0.240. The van der Waals surface area contributed by atoms with E-state index in [9.17, 15) is 17.6 Å².